The van der Waals surface area contributed by atoms with E-state index in [0.29, 0.717) is 11.5 Å². The van der Waals surface area contributed by atoms with Crippen LogP contribution in [0.15, 0.2) is 22.0 Å². The van der Waals surface area contributed by atoms with Crippen molar-refractivity contribution in [1.82, 2.24) is 9.59 Å². The van der Waals surface area contributed by atoms with E-state index in [1.54, 1.807) is 14.2 Å². The van der Waals surface area contributed by atoms with Crippen LogP contribution >= 0.6 is 27.5 Å². The van der Waals surface area contributed by atoms with Crippen LogP contribution in [0.1, 0.15) is 17.3 Å². The summed E-state index contributed by atoms with van der Waals surface area (Å²) < 4.78 is 15.2. The lowest BCUT2D eigenvalue weighted by molar-refractivity contribution is 0.385. The molecule has 0 amide bonds. The van der Waals surface area contributed by atoms with Crippen LogP contribution in [0.4, 0.5) is 0 Å². The number of nitrogens with zero attached hydrogens (tertiary/aromatic N) is 2. The lowest BCUT2D eigenvalue weighted by Gasteiger charge is -2.16. The molecule has 0 radical (unpaired) electrons. The van der Waals surface area contributed by atoms with Gasteiger partial charge in [-0.15, -0.1) is 5.10 Å². The van der Waals surface area contributed by atoms with Gasteiger partial charge in [0.25, 0.3) is 0 Å². The van der Waals surface area contributed by atoms with Crippen LogP contribution in [-0.4, -0.2) is 23.8 Å². The topological polar surface area (TPSA) is 70.3 Å². The first kappa shape index (κ1) is 13.3. The number of methoxy groups -OCH3 is 2. The summed E-state index contributed by atoms with van der Waals surface area (Å²) in [5.41, 5.74) is 7.71. The van der Waals surface area contributed by atoms with Crippen LogP contribution in [-0.2, 0) is 0 Å². The number of rotatable bonds is 4. The Balaban J connectivity index is 2.48. The van der Waals surface area contributed by atoms with Gasteiger partial charge in [0.05, 0.1) is 26.0 Å². The number of hydrogen-bond acceptors (Lipinski definition) is 6. The minimum atomic E-state index is -0.374. The maximum absolute atomic E-state index is 6.16. The van der Waals surface area contributed by atoms with Crippen LogP contribution in [0.5, 0.6) is 11.5 Å². The van der Waals surface area contributed by atoms with E-state index >= 15 is 0 Å². The maximum Gasteiger partial charge on any atom is 0.141 e. The lowest BCUT2D eigenvalue weighted by Crippen LogP contribution is -2.14. The number of hydrogen-bond donors (Lipinski definition) is 1. The lowest BCUT2D eigenvalue weighted by atomic mass is 10.0. The molecule has 0 aliphatic heterocycles. The molecular weight excluding hydrogens is 318 g/mol. The van der Waals surface area contributed by atoms with E-state index in [-0.39, 0.29) is 6.04 Å². The van der Waals surface area contributed by atoms with Crippen molar-refractivity contribution in [2.75, 3.05) is 14.2 Å². The van der Waals surface area contributed by atoms with Crippen LogP contribution in [0.25, 0.3) is 0 Å². The molecule has 1 atom stereocenters. The fourth-order valence-corrected chi connectivity index (χ4v) is 2.80. The van der Waals surface area contributed by atoms with E-state index in [1.165, 1.54) is 11.5 Å². The van der Waals surface area contributed by atoms with Crippen LogP contribution in [0, 0.1) is 0 Å². The second-order valence-electron chi connectivity index (χ2n) is 3.51. The van der Waals surface area contributed by atoms with E-state index in [0.717, 1.165) is 15.7 Å². The second kappa shape index (κ2) is 5.64. The molecule has 18 heavy (non-hydrogen) atoms. The highest BCUT2D eigenvalue weighted by Gasteiger charge is 2.20. The molecule has 2 rings (SSSR count). The number of ether oxygens (including phenoxy) is 2. The van der Waals surface area contributed by atoms with Gasteiger partial charge in [-0.2, -0.15) is 0 Å². The molecule has 0 saturated carbocycles. The summed E-state index contributed by atoms with van der Waals surface area (Å²) >= 11 is 4.71. The minimum absolute atomic E-state index is 0.374. The fraction of sp³-hybridized carbons (Fsp3) is 0.273. The summed E-state index contributed by atoms with van der Waals surface area (Å²) in [6.45, 7) is 0. The van der Waals surface area contributed by atoms with Crippen molar-refractivity contribution in [2.24, 2.45) is 5.73 Å². The Morgan fingerprint density at radius 2 is 2.11 bits per heavy atom. The summed E-state index contributed by atoms with van der Waals surface area (Å²) in [6, 6.07) is 3.33. The highest BCUT2D eigenvalue weighted by molar-refractivity contribution is 9.10. The molecule has 7 heteroatoms. The van der Waals surface area contributed by atoms with Crippen molar-refractivity contribution < 1.29 is 9.47 Å². The molecule has 2 aromatic rings. The molecule has 1 heterocycles. The van der Waals surface area contributed by atoms with Crippen molar-refractivity contribution >= 4 is 27.5 Å². The first-order valence-electron chi connectivity index (χ1n) is 5.12. The van der Waals surface area contributed by atoms with Crippen molar-refractivity contribution in [3.05, 3.63) is 33.2 Å². The first-order chi connectivity index (χ1) is 8.69. The van der Waals surface area contributed by atoms with Gasteiger partial charge in [-0.1, -0.05) is 4.49 Å². The zero-order valence-corrected chi connectivity index (χ0v) is 12.3. The zero-order valence-electron chi connectivity index (χ0n) is 9.88. The normalized spacial score (nSPS) is 12.2. The number of aromatic nitrogens is 2. The van der Waals surface area contributed by atoms with Gasteiger partial charge in [-0.25, -0.2) is 0 Å². The Kier molecular flexibility index (Phi) is 4.15. The average Bonchev–Trinajstić information content (AvgIpc) is 2.91. The van der Waals surface area contributed by atoms with E-state index in [4.69, 9.17) is 15.2 Å². The molecular formula is C11H12BrN3O2S. The maximum atomic E-state index is 6.16. The zero-order chi connectivity index (χ0) is 13.1. The van der Waals surface area contributed by atoms with Gasteiger partial charge in [0.15, 0.2) is 0 Å². The fourth-order valence-electron chi connectivity index (χ4n) is 1.63. The third kappa shape index (κ3) is 2.33. The SMILES string of the molecule is COc1ccc(C(N)c2csnn2)c(OC)c1Br. The Hall–Kier alpha value is -1.18. The first-order valence-corrected chi connectivity index (χ1v) is 6.75. The van der Waals surface area contributed by atoms with Gasteiger partial charge < -0.3 is 15.2 Å². The number of nitrogens with two attached hydrogens (primary N) is 1. The molecule has 2 N–H and O–H groups in total. The monoisotopic (exact) mass is 329 g/mol. The standard InChI is InChI=1S/C11H12BrN3O2S/c1-16-8-4-3-6(11(17-2)9(8)12)10(13)7-5-18-15-14-7/h3-5,10H,13H2,1-2H3. The molecule has 5 nitrogen and oxygen atoms in total. The molecule has 96 valence electrons. The highest BCUT2D eigenvalue weighted by atomic mass is 79.9. The molecule has 0 saturated heterocycles. The summed E-state index contributed by atoms with van der Waals surface area (Å²) in [5.74, 6) is 1.34. The molecule has 0 aliphatic carbocycles. The number of halogens is 1. The molecule has 0 fully saturated rings. The quantitative estimate of drug-likeness (QED) is 0.932. The Morgan fingerprint density at radius 1 is 1.33 bits per heavy atom. The largest absolute Gasteiger partial charge is 0.495 e. The van der Waals surface area contributed by atoms with Gasteiger partial charge in [0, 0.05) is 10.9 Å². The molecule has 0 aliphatic rings. The highest BCUT2D eigenvalue weighted by Crippen LogP contribution is 2.40. The van der Waals surface area contributed by atoms with Crippen molar-refractivity contribution in [3.63, 3.8) is 0 Å². The molecule has 0 bridgehead atoms. The summed E-state index contributed by atoms with van der Waals surface area (Å²) in [7, 11) is 3.19. The van der Waals surface area contributed by atoms with Gasteiger partial charge in [-0.05, 0) is 39.6 Å². The van der Waals surface area contributed by atoms with Gasteiger partial charge in [0.2, 0.25) is 0 Å². The summed E-state index contributed by atoms with van der Waals surface area (Å²) in [5, 5.41) is 5.80. The van der Waals surface area contributed by atoms with Crippen LogP contribution in [0.2, 0.25) is 0 Å². The van der Waals surface area contributed by atoms with Crippen LogP contribution < -0.4 is 15.2 Å². The predicted molar refractivity (Wildman–Crippen MR) is 73.2 cm³/mol. The van der Waals surface area contributed by atoms with Crippen LogP contribution in [0.3, 0.4) is 0 Å². The molecule has 1 aromatic heterocycles. The smallest absolute Gasteiger partial charge is 0.141 e. The molecule has 1 unspecified atom stereocenters. The summed E-state index contributed by atoms with van der Waals surface area (Å²) in [4.78, 5) is 0. The van der Waals surface area contributed by atoms with Crippen molar-refractivity contribution in [3.8, 4) is 11.5 Å². The summed E-state index contributed by atoms with van der Waals surface area (Å²) in [6.07, 6.45) is 0. The van der Waals surface area contributed by atoms with E-state index in [1.807, 2.05) is 17.5 Å². The Bertz CT molecular complexity index is 533. The third-order valence-electron chi connectivity index (χ3n) is 2.55. The number of benzene rings is 1. The molecule has 1 aromatic carbocycles. The van der Waals surface area contributed by atoms with E-state index < -0.39 is 0 Å². The average molecular weight is 330 g/mol. The van der Waals surface area contributed by atoms with Gasteiger partial charge in [-0.3, -0.25) is 0 Å². The molecule has 0 spiro atoms. The predicted octanol–water partition coefficient (Wildman–Crippen LogP) is 2.37. The Morgan fingerprint density at radius 3 is 2.67 bits per heavy atom. The van der Waals surface area contributed by atoms with Gasteiger partial charge in [0.1, 0.15) is 16.0 Å². The Labute approximate surface area is 117 Å². The van der Waals surface area contributed by atoms with E-state index in [2.05, 4.69) is 25.5 Å². The second-order valence-corrected chi connectivity index (χ2v) is 4.91. The van der Waals surface area contributed by atoms with Crippen molar-refractivity contribution in [1.29, 1.82) is 0 Å². The van der Waals surface area contributed by atoms with Crippen molar-refractivity contribution in [2.45, 2.75) is 6.04 Å². The van der Waals surface area contributed by atoms with E-state index in [9.17, 15) is 0 Å². The van der Waals surface area contributed by atoms with Gasteiger partial charge >= 0.3 is 0 Å². The minimum Gasteiger partial charge on any atom is -0.495 e. The third-order valence-corrected chi connectivity index (χ3v) is 3.82.